The molecule has 0 unspecified atom stereocenters. The molecule has 0 spiro atoms. The fraction of sp³-hybridized carbons (Fsp3) is 0.269. The molecule has 4 heterocycles. The molecule has 0 aliphatic carbocycles. The number of fused-ring (bicyclic) bond motifs is 3. The smallest absolute Gasteiger partial charge is 0.269 e. The summed E-state index contributed by atoms with van der Waals surface area (Å²) in [5, 5.41) is 12.9. The van der Waals surface area contributed by atoms with Crippen LogP contribution >= 0.6 is 0 Å². The molecule has 2 N–H and O–H groups in total. The third-order valence-electron chi connectivity index (χ3n) is 6.56. The topological polar surface area (TPSA) is 118 Å². The van der Waals surface area contributed by atoms with Crippen molar-refractivity contribution in [2.45, 2.75) is 19.0 Å². The van der Waals surface area contributed by atoms with Crippen LogP contribution in [0, 0.1) is 17.1 Å². The number of halogens is 1. The minimum Gasteiger partial charge on any atom is -0.367 e. The summed E-state index contributed by atoms with van der Waals surface area (Å²) in [6.07, 6.45) is 3.80. The summed E-state index contributed by atoms with van der Waals surface area (Å²) in [6.45, 7) is 2.66. The highest BCUT2D eigenvalue weighted by molar-refractivity contribution is 6.02. The Morgan fingerprint density at radius 3 is 2.81 bits per heavy atom. The molecule has 1 fully saturated rings. The number of hydrogen-bond donors (Lipinski definition) is 2. The van der Waals surface area contributed by atoms with Gasteiger partial charge in [-0.3, -0.25) is 19.5 Å². The quantitative estimate of drug-likeness (QED) is 0.417. The highest BCUT2D eigenvalue weighted by atomic mass is 19.1. The second-order valence-corrected chi connectivity index (χ2v) is 8.80. The summed E-state index contributed by atoms with van der Waals surface area (Å²) < 4.78 is 13.6. The van der Waals surface area contributed by atoms with Crippen LogP contribution in [0.2, 0.25) is 0 Å². The third-order valence-corrected chi connectivity index (χ3v) is 6.56. The molecule has 1 aromatic carbocycles. The Bertz CT molecular complexity index is 1540. The predicted molar refractivity (Wildman–Crippen MR) is 134 cm³/mol. The number of carbonyl (C=O) groups is 1. The highest BCUT2D eigenvalue weighted by Crippen LogP contribution is 2.24. The largest absolute Gasteiger partial charge is 0.367 e. The Morgan fingerprint density at radius 1 is 1.19 bits per heavy atom. The molecule has 9 nitrogen and oxygen atoms in total. The van der Waals surface area contributed by atoms with E-state index in [9.17, 15) is 19.2 Å². The maximum Gasteiger partial charge on any atom is 0.269 e. The lowest BCUT2D eigenvalue weighted by atomic mass is 10.1. The molecule has 5 rings (SSSR count). The number of anilines is 1. The van der Waals surface area contributed by atoms with E-state index >= 15 is 0 Å². The lowest BCUT2D eigenvalue weighted by Gasteiger charge is -2.41. The van der Waals surface area contributed by atoms with Gasteiger partial charge in [0.25, 0.3) is 11.5 Å². The van der Waals surface area contributed by atoms with Crippen molar-refractivity contribution < 1.29 is 9.18 Å². The number of amides is 1. The van der Waals surface area contributed by atoms with E-state index in [-0.39, 0.29) is 22.9 Å². The lowest BCUT2D eigenvalue weighted by molar-refractivity contribution is 0.0958. The molecule has 0 bridgehead atoms. The van der Waals surface area contributed by atoms with Crippen molar-refractivity contribution in [3.05, 3.63) is 76.2 Å². The molecule has 1 atom stereocenters. The van der Waals surface area contributed by atoms with Gasteiger partial charge in [-0.05, 0) is 42.0 Å². The van der Waals surface area contributed by atoms with E-state index in [0.717, 1.165) is 24.3 Å². The maximum absolute atomic E-state index is 13.6. The van der Waals surface area contributed by atoms with Crippen LogP contribution < -0.4 is 15.8 Å². The van der Waals surface area contributed by atoms with Gasteiger partial charge in [-0.2, -0.15) is 5.26 Å². The minimum absolute atomic E-state index is 0.0170. The molecule has 182 valence electrons. The summed E-state index contributed by atoms with van der Waals surface area (Å²) in [4.78, 5) is 40.3. The average Bonchev–Trinajstić information content (AvgIpc) is 2.89. The molecular formula is C26H24FN7O2. The van der Waals surface area contributed by atoms with Gasteiger partial charge in [0.2, 0.25) is 0 Å². The van der Waals surface area contributed by atoms with Crippen LogP contribution in [0.15, 0.2) is 53.6 Å². The fourth-order valence-electron chi connectivity index (χ4n) is 4.71. The van der Waals surface area contributed by atoms with Gasteiger partial charge in [0.15, 0.2) is 0 Å². The van der Waals surface area contributed by atoms with E-state index in [1.165, 1.54) is 12.1 Å². The van der Waals surface area contributed by atoms with Crippen molar-refractivity contribution in [2.24, 2.45) is 0 Å². The van der Waals surface area contributed by atoms with Crippen molar-refractivity contribution in [3.8, 4) is 6.07 Å². The Balaban J connectivity index is 1.36. The number of nitrogens with one attached hydrogen (secondary N) is 2. The third kappa shape index (κ3) is 4.48. The molecule has 1 saturated heterocycles. The van der Waals surface area contributed by atoms with Crippen LogP contribution in [0.1, 0.15) is 22.5 Å². The molecule has 1 aliphatic rings. The number of nitriles is 1. The van der Waals surface area contributed by atoms with E-state index in [2.05, 4.69) is 36.1 Å². The summed E-state index contributed by atoms with van der Waals surface area (Å²) in [6, 6.07) is 11.8. The van der Waals surface area contributed by atoms with E-state index < -0.39 is 5.82 Å². The van der Waals surface area contributed by atoms with E-state index in [1.807, 2.05) is 12.1 Å². The number of pyridine rings is 3. The van der Waals surface area contributed by atoms with Crippen molar-refractivity contribution in [2.75, 3.05) is 31.6 Å². The number of H-pyrrole nitrogens is 1. The van der Waals surface area contributed by atoms with Crippen LogP contribution in [0.5, 0.6) is 0 Å². The van der Waals surface area contributed by atoms with Crippen LogP contribution in [0.4, 0.5) is 10.1 Å². The van der Waals surface area contributed by atoms with Crippen LogP contribution in [0.3, 0.4) is 0 Å². The molecule has 0 radical (unpaired) electrons. The van der Waals surface area contributed by atoms with Crippen LogP contribution in [-0.2, 0) is 6.54 Å². The Kier molecular flexibility index (Phi) is 6.31. The monoisotopic (exact) mass is 485 g/mol. The number of rotatable bonds is 5. The zero-order chi connectivity index (χ0) is 25.2. The van der Waals surface area contributed by atoms with Crippen molar-refractivity contribution in [1.29, 1.82) is 5.26 Å². The maximum atomic E-state index is 13.6. The van der Waals surface area contributed by atoms with Gasteiger partial charge in [-0.15, -0.1) is 0 Å². The van der Waals surface area contributed by atoms with E-state index in [4.69, 9.17) is 0 Å². The summed E-state index contributed by atoms with van der Waals surface area (Å²) in [5.41, 5.74) is 3.01. The molecule has 4 aromatic rings. The van der Waals surface area contributed by atoms with Gasteiger partial charge in [-0.25, -0.2) is 9.37 Å². The minimum atomic E-state index is -0.468. The average molecular weight is 486 g/mol. The lowest BCUT2D eigenvalue weighted by Crippen LogP contribution is -2.52. The zero-order valence-electron chi connectivity index (χ0n) is 19.7. The number of benzene rings is 1. The Morgan fingerprint density at radius 2 is 2.06 bits per heavy atom. The number of piperazine rings is 1. The first-order valence-electron chi connectivity index (χ1n) is 11.6. The van der Waals surface area contributed by atoms with Gasteiger partial charge in [0.05, 0.1) is 40.8 Å². The molecule has 10 heteroatoms. The first kappa shape index (κ1) is 23.4. The number of carbonyl (C=O) groups excluding carboxylic acids is 1. The van der Waals surface area contributed by atoms with Crippen LogP contribution in [-0.4, -0.2) is 58.5 Å². The Labute approximate surface area is 206 Å². The first-order chi connectivity index (χ1) is 17.5. The SMILES string of the molecule is CNC(=O)c1ccc(N2CCN(Cc3cnc4c(c3)[nH]c(=O)c3cc(F)ccc34)[C@@H](CC#N)C2)cn1. The zero-order valence-corrected chi connectivity index (χ0v) is 19.7. The molecule has 36 heavy (non-hydrogen) atoms. The standard InChI is InChI=1S/C26H24FN7O2/c1-29-26(36)22-5-3-18(13-30-22)34-9-8-33(19(15-34)6-7-28)14-16-10-23-24(31-12-16)20-4-2-17(27)11-21(20)25(35)32-23/h2-5,10-13,19H,6,8-9,14-15H2,1H3,(H,29,36)(H,32,35)/t19-/m0/s1. The normalized spacial score (nSPS) is 16.2. The van der Waals surface area contributed by atoms with Crippen molar-refractivity contribution in [1.82, 2.24) is 25.2 Å². The van der Waals surface area contributed by atoms with Gasteiger partial charge < -0.3 is 15.2 Å². The summed E-state index contributed by atoms with van der Waals surface area (Å²) in [5.74, 6) is -0.705. The molecule has 0 saturated carbocycles. The summed E-state index contributed by atoms with van der Waals surface area (Å²) in [7, 11) is 1.57. The molecule has 1 aliphatic heterocycles. The molecular weight excluding hydrogens is 461 g/mol. The van der Waals surface area contributed by atoms with Crippen LogP contribution in [0.25, 0.3) is 21.8 Å². The van der Waals surface area contributed by atoms with E-state index in [0.29, 0.717) is 41.6 Å². The van der Waals surface area contributed by atoms with Crippen molar-refractivity contribution in [3.63, 3.8) is 0 Å². The number of aromatic amines is 1. The number of hydrogen-bond acceptors (Lipinski definition) is 7. The predicted octanol–water partition coefficient (Wildman–Crippen LogP) is 2.57. The fourth-order valence-corrected chi connectivity index (χ4v) is 4.71. The first-order valence-corrected chi connectivity index (χ1v) is 11.6. The van der Waals surface area contributed by atoms with Gasteiger partial charge in [0, 0.05) is 50.9 Å². The second-order valence-electron chi connectivity index (χ2n) is 8.80. The Hall–Kier alpha value is -4.36. The molecule has 1 amide bonds. The molecule has 3 aromatic heterocycles. The number of nitrogens with zero attached hydrogens (tertiary/aromatic N) is 5. The number of aromatic nitrogens is 3. The highest BCUT2D eigenvalue weighted by Gasteiger charge is 2.27. The van der Waals surface area contributed by atoms with Crippen molar-refractivity contribution >= 4 is 33.4 Å². The van der Waals surface area contributed by atoms with Gasteiger partial charge in [0.1, 0.15) is 11.5 Å². The van der Waals surface area contributed by atoms with Gasteiger partial charge >= 0.3 is 0 Å². The van der Waals surface area contributed by atoms with E-state index in [1.54, 1.807) is 31.6 Å². The second kappa shape index (κ2) is 9.71. The van der Waals surface area contributed by atoms with Gasteiger partial charge in [-0.1, -0.05) is 0 Å². The summed E-state index contributed by atoms with van der Waals surface area (Å²) >= 11 is 0.